The van der Waals surface area contributed by atoms with Crippen LogP contribution >= 0.6 is 0 Å². The van der Waals surface area contributed by atoms with E-state index in [0.29, 0.717) is 30.6 Å². The summed E-state index contributed by atoms with van der Waals surface area (Å²) in [6.07, 6.45) is 3.88. The minimum absolute atomic E-state index is 0.234. The maximum atomic E-state index is 12.9. The predicted molar refractivity (Wildman–Crippen MR) is 132 cm³/mol. The van der Waals surface area contributed by atoms with Gasteiger partial charge < -0.3 is 15.5 Å². The largest absolute Gasteiger partial charge is 0.381 e. The van der Waals surface area contributed by atoms with Crippen molar-refractivity contribution in [1.82, 2.24) is 9.21 Å². The molecule has 0 radical (unpaired) electrons. The van der Waals surface area contributed by atoms with Gasteiger partial charge in [-0.3, -0.25) is 4.79 Å². The fraction of sp³-hybridized carbons (Fsp3) is 0.480. The van der Waals surface area contributed by atoms with E-state index >= 15 is 0 Å². The molecule has 2 aromatic carbocycles. The van der Waals surface area contributed by atoms with E-state index < -0.39 is 10.0 Å². The van der Waals surface area contributed by atoms with Gasteiger partial charge in [0.1, 0.15) is 0 Å². The molecule has 2 fully saturated rings. The highest BCUT2D eigenvalue weighted by molar-refractivity contribution is 7.89. The van der Waals surface area contributed by atoms with E-state index in [2.05, 4.69) is 29.5 Å². The van der Waals surface area contributed by atoms with Gasteiger partial charge in [0.25, 0.3) is 5.91 Å². The van der Waals surface area contributed by atoms with Gasteiger partial charge >= 0.3 is 0 Å². The van der Waals surface area contributed by atoms with Crippen molar-refractivity contribution in [2.75, 3.05) is 43.9 Å². The topological polar surface area (TPSA) is 81.8 Å². The second-order valence-corrected chi connectivity index (χ2v) is 11.3. The van der Waals surface area contributed by atoms with E-state index in [-0.39, 0.29) is 10.8 Å². The van der Waals surface area contributed by atoms with Gasteiger partial charge in [-0.1, -0.05) is 19.1 Å². The van der Waals surface area contributed by atoms with Gasteiger partial charge in [-0.05, 0) is 88.1 Å². The van der Waals surface area contributed by atoms with Crippen LogP contribution < -0.4 is 10.6 Å². The maximum Gasteiger partial charge on any atom is 0.255 e. The summed E-state index contributed by atoms with van der Waals surface area (Å²) in [6, 6.07) is 14.3. The summed E-state index contributed by atoms with van der Waals surface area (Å²) in [5.74, 6) is 0.294. The molecule has 2 aliphatic rings. The molecule has 8 heteroatoms. The molecular weight excluding hydrogens is 436 g/mol. The highest BCUT2D eigenvalue weighted by Crippen LogP contribution is 2.26. The Morgan fingerprint density at radius 1 is 0.879 bits per heavy atom. The van der Waals surface area contributed by atoms with Gasteiger partial charge in [-0.25, -0.2) is 8.42 Å². The molecule has 0 bridgehead atoms. The van der Waals surface area contributed by atoms with Gasteiger partial charge in [0.2, 0.25) is 10.0 Å². The first-order chi connectivity index (χ1) is 15.8. The van der Waals surface area contributed by atoms with Crippen molar-refractivity contribution in [3.05, 3.63) is 54.1 Å². The Kier molecular flexibility index (Phi) is 7.36. The number of piperidine rings is 2. The van der Waals surface area contributed by atoms with Crippen LogP contribution in [0.25, 0.3) is 0 Å². The lowest BCUT2D eigenvalue weighted by molar-refractivity contribution is 0.102. The van der Waals surface area contributed by atoms with Crippen molar-refractivity contribution in [2.24, 2.45) is 5.92 Å². The Morgan fingerprint density at radius 3 is 2.12 bits per heavy atom. The highest BCUT2D eigenvalue weighted by atomic mass is 32.2. The van der Waals surface area contributed by atoms with Crippen LogP contribution in [-0.2, 0) is 10.0 Å². The van der Waals surface area contributed by atoms with Gasteiger partial charge in [0.15, 0.2) is 0 Å². The molecule has 0 unspecified atom stereocenters. The van der Waals surface area contributed by atoms with E-state index in [9.17, 15) is 13.2 Å². The predicted octanol–water partition coefficient (Wildman–Crippen LogP) is 3.87. The quantitative estimate of drug-likeness (QED) is 0.670. The van der Waals surface area contributed by atoms with Crippen LogP contribution in [0, 0.1) is 5.92 Å². The highest BCUT2D eigenvalue weighted by Gasteiger charge is 2.28. The number of benzene rings is 2. The molecule has 2 aliphatic heterocycles. The molecule has 0 atom stereocenters. The number of anilines is 2. The number of rotatable bonds is 6. The number of amides is 1. The van der Waals surface area contributed by atoms with E-state index in [1.54, 1.807) is 16.4 Å². The van der Waals surface area contributed by atoms with Crippen LogP contribution in [0.15, 0.2) is 53.4 Å². The molecule has 0 spiro atoms. The SMILES string of the molecule is CC1CCN(S(=O)(=O)c2ccc(C(=O)Nc3ccccc3NC3CCN(C)CC3)cc2)CC1. The first kappa shape index (κ1) is 23.7. The minimum atomic E-state index is -3.53. The number of hydrogen-bond donors (Lipinski definition) is 2. The van der Waals surface area contributed by atoms with Crippen LogP contribution in [-0.4, -0.2) is 62.8 Å². The molecule has 2 heterocycles. The Labute approximate surface area is 197 Å². The third-order valence-corrected chi connectivity index (χ3v) is 8.66. The zero-order valence-corrected chi connectivity index (χ0v) is 20.3. The van der Waals surface area contributed by atoms with E-state index in [4.69, 9.17) is 0 Å². The lowest BCUT2D eigenvalue weighted by atomic mass is 10.0. The molecule has 0 aromatic heterocycles. The number of nitrogens with one attached hydrogen (secondary N) is 2. The smallest absolute Gasteiger partial charge is 0.255 e. The lowest BCUT2D eigenvalue weighted by Crippen LogP contribution is -2.37. The Hall–Kier alpha value is -2.42. The van der Waals surface area contributed by atoms with Crippen molar-refractivity contribution in [3.8, 4) is 0 Å². The van der Waals surface area contributed by atoms with Gasteiger partial charge in [0.05, 0.1) is 16.3 Å². The molecule has 7 nitrogen and oxygen atoms in total. The summed E-state index contributed by atoms with van der Waals surface area (Å²) in [6.45, 7) is 5.36. The van der Waals surface area contributed by atoms with Crippen LogP contribution in [0.5, 0.6) is 0 Å². The second kappa shape index (κ2) is 10.2. The number of nitrogens with zero attached hydrogens (tertiary/aromatic N) is 2. The van der Waals surface area contributed by atoms with E-state index in [1.807, 2.05) is 24.3 Å². The average molecular weight is 471 g/mol. The normalized spacial score (nSPS) is 19.3. The average Bonchev–Trinajstić information content (AvgIpc) is 2.82. The first-order valence-electron chi connectivity index (χ1n) is 11.8. The van der Waals surface area contributed by atoms with E-state index in [0.717, 1.165) is 50.1 Å². The fourth-order valence-corrected chi connectivity index (χ4v) is 5.91. The molecule has 1 amide bonds. The summed E-state index contributed by atoms with van der Waals surface area (Å²) < 4.78 is 27.4. The first-order valence-corrected chi connectivity index (χ1v) is 13.2. The summed E-state index contributed by atoms with van der Waals surface area (Å²) in [5, 5.41) is 6.55. The third-order valence-electron chi connectivity index (χ3n) is 6.75. The van der Waals surface area contributed by atoms with Crippen molar-refractivity contribution in [3.63, 3.8) is 0 Å². The van der Waals surface area contributed by atoms with Gasteiger partial charge in [-0.15, -0.1) is 0 Å². The second-order valence-electron chi connectivity index (χ2n) is 9.33. The van der Waals surface area contributed by atoms with Crippen LogP contribution in [0.4, 0.5) is 11.4 Å². The van der Waals surface area contributed by atoms with Crippen molar-refractivity contribution < 1.29 is 13.2 Å². The molecule has 0 aliphatic carbocycles. The number of sulfonamides is 1. The number of para-hydroxylation sites is 2. The molecular formula is C25H34N4O3S. The van der Waals surface area contributed by atoms with Crippen LogP contribution in [0.3, 0.4) is 0 Å². The Balaban J connectivity index is 1.42. The van der Waals surface area contributed by atoms with Crippen LogP contribution in [0.2, 0.25) is 0 Å². The maximum absolute atomic E-state index is 12.9. The van der Waals surface area contributed by atoms with Crippen molar-refractivity contribution in [1.29, 1.82) is 0 Å². The standard InChI is InChI=1S/C25H34N4O3S/c1-19-11-17-29(18-12-19)33(31,32)22-9-7-20(8-10-22)25(30)27-24-6-4-3-5-23(24)26-21-13-15-28(2)16-14-21/h3-10,19,21,26H,11-18H2,1-2H3,(H,27,30). The van der Waals surface area contributed by atoms with Crippen molar-refractivity contribution >= 4 is 27.3 Å². The zero-order valence-electron chi connectivity index (χ0n) is 19.5. The number of likely N-dealkylation sites (tertiary alicyclic amines) is 1. The Morgan fingerprint density at radius 2 is 1.48 bits per heavy atom. The molecule has 4 rings (SSSR count). The third kappa shape index (κ3) is 5.75. The summed E-state index contributed by atoms with van der Waals surface area (Å²) in [7, 11) is -1.39. The zero-order chi connectivity index (χ0) is 23.4. The monoisotopic (exact) mass is 470 g/mol. The van der Waals surface area contributed by atoms with E-state index in [1.165, 1.54) is 12.1 Å². The number of carbonyl (C=O) groups is 1. The van der Waals surface area contributed by atoms with Gasteiger partial charge in [0, 0.05) is 24.7 Å². The fourth-order valence-electron chi connectivity index (χ4n) is 4.44. The lowest BCUT2D eigenvalue weighted by Gasteiger charge is -2.30. The molecule has 178 valence electrons. The summed E-state index contributed by atoms with van der Waals surface area (Å²) in [4.78, 5) is 15.4. The summed E-state index contributed by atoms with van der Waals surface area (Å²) >= 11 is 0. The molecule has 2 aromatic rings. The summed E-state index contributed by atoms with van der Waals surface area (Å²) in [5.41, 5.74) is 2.05. The Bertz CT molecular complexity index is 1060. The number of carbonyl (C=O) groups excluding carboxylic acids is 1. The molecule has 2 saturated heterocycles. The molecule has 2 N–H and O–H groups in total. The van der Waals surface area contributed by atoms with Crippen LogP contribution in [0.1, 0.15) is 43.0 Å². The molecule has 33 heavy (non-hydrogen) atoms. The molecule has 0 saturated carbocycles. The van der Waals surface area contributed by atoms with Crippen molar-refractivity contribution in [2.45, 2.75) is 43.5 Å². The number of hydrogen-bond acceptors (Lipinski definition) is 5. The van der Waals surface area contributed by atoms with Gasteiger partial charge in [-0.2, -0.15) is 4.31 Å². The minimum Gasteiger partial charge on any atom is -0.381 e.